The van der Waals surface area contributed by atoms with Gasteiger partial charge in [0.15, 0.2) is 11.5 Å². The van der Waals surface area contributed by atoms with Crippen molar-refractivity contribution in [1.82, 2.24) is 0 Å². The van der Waals surface area contributed by atoms with Gasteiger partial charge in [-0.3, -0.25) is 0 Å². The molecular formula is C21H22Br2Cl4O2. The monoisotopic (exact) mass is 604 g/mol. The van der Waals surface area contributed by atoms with E-state index in [1.54, 1.807) is 0 Å². The highest BCUT2D eigenvalue weighted by Crippen LogP contribution is 2.44. The Balaban J connectivity index is 2.45. The van der Waals surface area contributed by atoms with Gasteiger partial charge in [-0.25, -0.2) is 0 Å². The molecule has 8 heteroatoms. The van der Waals surface area contributed by atoms with E-state index in [1.165, 1.54) is 0 Å². The SMILES string of the molecule is CC(CBr)Oc1c(Cl)cc(C(C)(C)c2cc(Cl)c(OC(C)CBr)c(Cl)c2)cc1Cl. The number of benzene rings is 2. The van der Waals surface area contributed by atoms with Crippen molar-refractivity contribution in [2.24, 2.45) is 0 Å². The van der Waals surface area contributed by atoms with Crippen molar-refractivity contribution in [3.63, 3.8) is 0 Å². The van der Waals surface area contributed by atoms with Crippen molar-refractivity contribution in [3.8, 4) is 11.5 Å². The maximum atomic E-state index is 6.49. The van der Waals surface area contributed by atoms with Crippen LogP contribution in [0.15, 0.2) is 24.3 Å². The molecule has 0 radical (unpaired) electrons. The minimum Gasteiger partial charge on any atom is -0.487 e. The van der Waals surface area contributed by atoms with Crippen LogP contribution in [0.3, 0.4) is 0 Å². The molecule has 0 fully saturated rings. The number of rotatable bonds is 8. The van der Waals surface area contributed by atoms with E-state index in [4.69, 9.17) is 55.9 Å². The Bertz CT molecular complexity index is 758. The molecule has 2 nitrogen and oxygen atoms in total. The molecule has 160 valence electrons. The predicted molar refractivity (Wildman–Crippen MR) is 133 cm³/mol. The van der Waals surface area contributed by atoms with Crippen molar-refractivity contribution in [1.29, 1.82) is 0 Å². The molecule has 0 aliphatic heterocycles. The molecule has 29 heavy (non-hydrogen) atoms. The third kappa shape index (κ3) is 6.11. The molecule has 2 unspecified atom stereocenters. The smallest absolute Gasteiger partial charge is 0.156 e. The summed E-state index contributed by atoms with van der Waals surface area (Å²) >= 11 is 32.7. The second kappa shape index (κ2) is 10.7. The van der Waals surface area contributed by atoms with E-state index < -0.39 is 5.41 Å². The lowest BCUT2D eigenvalue weighted by atomic mass is 9.78. The summed E-state index contributed by atoms with van der Waals surface area (Å²) in [6, 6.07) is 7.46. The van der Waals surface area contributed by atoms with E-state index in [9.17, 15) is 0 Å². The first-order chi connectivity index (χ1) is 13.5. The van der Waals surface area contributed by atoms with Crippen LogP contribution < -0.4 is 9.47 Å². The van der Waals surface area contributed by atoms with Gasteiger partial charge in [-0.05, 0) is 49.2 Å². The van der Waals surface area contributed by atoms with Gasteiger partial charge in [0.05, 0.1) is 20.1 Å². The van der Waals surface area contributed by atoms with Crippen molar-refractivity contribution in [3.05, 3.63) is 55.5 Å². The van der Waals surface area contributed by atoms with Crippen molar-refractivity contribution < 1.29 is 9.47 Å². The summed E-state index contributed by atoms with van der Waals surface area (Å²) in [5, 5.41) is 3.17. The van der Waals surface area contributed by atoms with E-state index in [1.807, 2.05) is 38.1 Å². The Morgan fingerprint density at radius 1 is 0.724 bits per heavy atom. The molecule has 0 N–H and O–H groups in total. The van der Waals surface area contributed by atoms with Crippen molar-refractivity contribution in [2.45, 2.75) is 45.3 Å². The molecule has 0 heterocycles. The Morgan fingerprint density at radius 2 is 1.00 bits per heavy atom. The molecule has 2 aromatic carbocycles. The normalized spacial score (nSPS) is 13.9. The third-order valence-electron chi connectivity index (χ3n) is 4.51. The second-order valence-corrected chi connectivity index (χ2v) is 10.3. The van der Waals surface area contributed by atoms with Crippen LogP contribution in [0.4, 0.5) is 0 Å². The Kier molecular flexibility index (Phi) is 9.34. The Morgan fingerprint density at radius 3 is 1.24 bits per heavy atom. The minimum absolute atomic E-state index is 0.0593. The van der Waals surface area contributed by atoms with Crippen molar-refractivity contribution in [2.75, 3.05) is 10.7 Å². The molecular weight excluding hydrogens is 586 g/mol. The molecule has 0 aliphatic rings. The maximum absolute atomic E-state index is 6.49. The summed E-state index contributed by atoms with van der Waals surface area (Å²) in [4.78, 5) is 0. The van der Waals surface area contributed by atoms with Gasteiger partial charge >= 0.3 is 0 Å². The zero-order valence-corrected chi connectivity index (χ0v) is 22.7. The van der Waals surface area contributed by atoms with Crippen LogP contribution in [0.1, 0.15) is 38.8 Å². The van der Waals surface area contributed by atoms with Gasteiger partial charge in [-0.2, -0.15) is 0 Å². The molecule has 0 spiro atoms. The maximum Gasteiger partial charge on any atom is 0.156 e. The lowest BCUT2D eigenvalue weighted by Gasteiger charge is -2.28. The lowest BCUT2D eigenvalue weighted by Crippen LogP contribution is -2.20. The third-order valence-corrected chi connectivity index (χ3v) is 7.46. The van der Waals surface area contributed by atoms with Crippen LogP contribution in [0.25, 0.3) is 0 Å². The number of ether oxygens (including phenoxy) is 2. The zero-order chi connectivity index (χ0) is 21.9. The van der Waals surface area contributed by atoms with Gasteiger partial charge < -0.3 is 9.47 Å². The largest absolute Gasteiger partial charge is 0.487 e. The van der Waals surface area contributed by atoms with E-state index in [2.05, 4.69) is 45.7 Å². The lowest BCUT2D eigenvalue weighted by molar-refractivity contribution is 0.248. The van der Waals surface area contributed by atoms with Gasteiger partial charge in [0, 0.05) is 16.1 Å². The highest BCUT2D eigenvalue weighted by molar-refractivity contribution is 9.09. The van der Waals surface area contributed by atoms with Gasteiger partial charge in [0.25, 0.3) is 0 Å². The van der Waals surface area contributed by atoms with Crippen molar-refractivity contribution >= 4 is 78.3 Å². The summed E-state index contributed by atoms with van der Waals surface area (Å²) in [5.41, 5.74) is 1.38. The Hall–Kier alpha value is 0.160. The molecule has 0 amide bonds. The summed E-state index contributed by atoms with van der Waals surface area (Å²) in [5.74, 6) is 0.951. The van der Waals surface area contributed by atoms with E-state index in [0.29, 0.717) is 42.2 Å². The topological polar surface area (TPSA) is 18.5 Å². The molecule has 0 saturated carbocycles. The number of hydrogen-bond donors (Lipinski definition) is 0. The van der Waals surface area contributed by atoms with Gasteiger partial charge in [0.1, 0.15) is 12.2 Å². The molecule has 2 rings (SSSR count). The molecule has 0 bridgehead atoms. The fraction of sp³-hybridized carbons (Fsp3) is 0.429. The average molecular weight is 608 g/mol. The van der Waals surface area contributed by atoms with Gasteiger partial charge in [-0.1, -0.05) is 92.1 Å². The number of alkyl halides is 2. The van der Waals surface area contributed by atoms with Crippen LogP contribution in [0.2, 0.25) is 20.1 Å². The molecule has 0 aliphatic carbocycles. The molecule has 2 atom stereocenters. The molecule has 2 aromatic rings. The molecule has 0 saturated heterocycles. The summed E-state index contributed by atoms with van der Waals surface area (Å²) in [7, 11) is 0. The summed E-state index contributed by atoms with van der Waals surface area (Å²) in [6.07, 6.45) is -0.119. The van der Waals surface area contributed by atoms with E-state index in [0.717, 1.165) is 11.1 Å². The fourth-order valence-corrected chi connectivity index (χ4v) is 4.12. The average Bonchev–Trinajstić information content (AvgIpc) is 2.66. The number of halogens is 6. The van der Waals surface area contributed by atoms with Crippen LogP contribution >= 0.6 is 78.3 Å². The highest BCUT2D eigenvalue weighted by Gasteiger charge is 2.28. The van der Waals surface area contributed by atoms with Crippen LogP contribution in [-0.2, 0) is 5.41 Å². The minimum atomic E-state index is -0.459. The first-order valence-electron chi connectivity index (χ1n) is 8.95. The standard InChI is InChI=1S/C21H22Br2Cl4O2/c1-11(9-22)28-19-15(24)5-13(6-16(19)25)21(3,4)14-7-17(26)20(18(27)8-14)29-12(2)10-23/h5-8,11-12H,9-10H2,1-4H3. The van der Waals surface area contributed by atoms with Gasteiger partial charge in [-0.15, -0.1) is 0 Å². The fourth-order valence-electron chi connectivity index (χ4n) is 2.70. The summed E-state index contributed by atoms with van der Waals surface area (Å²) < 4.78 is 11.7. The first-order valence-corrected chi connectivity index (χ1v) is 12.7. The summed E-state index contributed by atoms with van der Waals surface area (Å²) in [6.45, 7) is 7.98. The Labute approximate surface area is 209 Å². The van der Waals surface area contributed by atoms with Crippen LogP contribution in [0, 0.1) is 0 Å². The zero-order valence-electron chi connectivity index (χ0n) is 16.5. The van der Waals surface area contributed by atoms with Crippen LogP contribution in [0.5, 0.6) is 11.5 Å². The molecule has 0 aromatic heterocycles. The van der Waals surface area contributed by atoms with Gasteiger partial charge in [0.2, 0.25) is 0 Å². The highest BCUT2D eigenvalue weighted by atomic mass is 79.9. The first kappa shape index (κ1) is 25.4. The number of hydrogen-bond acceptors (Lipinski definition) is 2. The second-order valence-electron chi connectivity index (χ2n) is 7.33. The van der Waals surface area contributed by atoms with Crippen LogP contribution in [-0.4, -0.2) is 22.9 Å². The van der Waals surface area contributed by atoms with E-state index >= 15 is 0 Å². The van der Waals surface area contributed by atoms with E-state index in [-0.39, 0.29) is 12.2 Å². The quantitative estimate of drug-likeness (QED) is 0.279. The predicted octanol–water partition coefficient (Wildman–Crippen LogP) is 8.95.